The van der Waals surface area contributed by atoms with E-state index in [1.165, 1.54) is 0 Å². The number of aromatic nitrogens is 4. The van der Waals surface area contributed by atoms with E-state index < -0.39 is 0 Å². The Morgan fingerprint density at radius 3 is 3.04 bits per heavy atom. The first-order valence-corrected chi connectivity index (χ1v) is 7.72. The molecule has 0 saturated carbocycles. The van der Waals surface area contributed by atoms with Gasteiger partial charge in [0.25, 0.3) is 0 Å². The maximum atomic E-state index is 5.43. The topological polar surface area (TPSA) is 95.2 Å². The molecule has 0 amide bonds. The minimum atomic E-state index is 0.350. The smallest absolute Gasteiger partial charge is 0.229 e. The van der Waals surface area contributed by atoms with Crippen LogP contribution in [0.25, 0.3) is 0 Å². The number of aryl methyl sites for hydroxylation is 1. The molecule has 2 aromatic heterocycles. The van der Waals surface area contributed by atoms with E-state index in [0.717, 1.165) is 37.0 Å². The third-order valence-electron chi connectivity index (χ3n) is 3.66. The maximum absolute atomic E-state index is 5.43. The molecule has 8 heteroatoms. The summed E-state index contributed by atoms with van der Waals surface area (Å²) < 4.78 is 15.6. The Bertz CT molecular complexity index is 640. The number of nitrogens with zero attached hydrogens (tertiary/aromatic N) is 4. The van der Waals surface area contributed by atoms with Crippen molar-refractivity contribution >= 4 is 5.82 Å². The molecule has 1 saturated heterocycles. The summed E-state index contributed by atoms with van der Waals surface area (Å²) in [5, 5.41) is 7.17. The fourth-order valence-electron chi connectivity index (χ4n) is 2.48. The highest BCUT2D eigenvalue weighted by molar-refractivity contribution is 5.37. The summed E-state index contributed by atoms with van der Waals surface area (Å²) in [6.07, 6.45) is 1.62. The molecule has 1 N–H and O–H groups in total. The van der Waals surface area contributed by atoms with Gasteiger partial charge in [0.1, 0.15) is 11.6 Å². The van der Waals surface area contributed by atoms with Crippen LogP contribution >= 0.6 is 0 Å². The van der Waals surface area contributed by atoms with Crippen molar-refractivity contribution < 1.29 is 14.0 Å². The molecular formula is C15H21N5O3. The minimum Gasteiger partial charge on any atom is -0.384 e. The maximum Gasteiger partial charge on any atom is 0.229 e. The van der Waals surface area contributed by atoms with E-state index in [2.05, 4.69) is 25.4 Å². The zero-order valence-electron chi connectivity index (χ0n) is 13.4. The van der Waals surface area contributed by atoms with E-state index in [-0.39, 0.29) is 0 Å². The zero-order chi connectivity index (χ0) is 16.1. The first-order chi connectivity index (χ1) is 11.2. The fraction of sp³-hybridized carbons (Fsp3) is 0.600. The molecule has 3 rings (SSSR count). The van der Waals surface area contributed by atoms with Crippen molar-refractivity contribution in [3.05, 3.63) is 29.3 Å². The number of hydrogen-bond acceptors (Lipinski definition) is 8. The Hall–Kier alpha value is -2.06. The molecule has 0 aromatic carbocycles. The van der Waals surface area contributed by atoms with Crippen molar-refractivity contribution in [2.45, 2.75) is 32.2 Å². The molecule has 1 fully saturated rings. The molecule has 1 atom stereocenters. The standard InChI is InChI=1S/C15H21N5O3/c1-10-17-12(11-3-6-22-9-11)7-13(18-10)16-8-14-19-15(23-20-14)4-5-21-2/h7,11H,3-6,8-9H2,1-2H3,(H,16,17,18)/t11-/m1/s1. The van der Waals surface area contributed by atoms with Gasteiger partial charge in [-0.1, -0.05) is 5.16 Å². The number of anilines is 1. The second kappa shape index (κ2) is 7.47. The van der Waals surface area contributed by atoms with Gasteiger partial charge in [-0.25, -0.2) is 9.97 Å². The highest BCUT2D eigenvalue weighted by Gasteiger charge is 2.20. The highest BCUT2D eigenvalue weighted by Crippen LogP contribution is 2.25. The van der Waals surface area contributed by atoms with Crippen LogP contribution in [0.1, 0.15) is 35.6 Å². The number of rotatable bonds is 7. The van der Waals surface area contributed by atoms with Gasteiger partial charge in [0, 0.05) is 25.7 Å². The van der Waals surface area contributed by atoms with Crippen molar-refractivity contribution in [3.8, 4) is 0 Å². The van der Waals surface area contributed by atoms with Gasteiger partial charge in [-0.15, -0.1) is 0 Å². The Balaban J connectivity index is 1.62. The summed E-state index contributed by atoms with van der Waals surface area (Å²) >= 11 is 0. The Kier molecular flexibility index (Phi) is 5.14. The van der Waals surface area contributed by atoms with Crippen LogP contribution in [0.15, 0.2) is 10.6 Å². The molecule has 1 aliphatic heterocycles. The Morgan fingerprint density at radius 1 is 1.35 bits per heavy atom. The molecule has 23 heavy (non-hydrogen) atoms. The molecule has 0 spiro atoms. The number of nitrogens with one attached hydrogen (secondary N) is 1. The highest BCUT2D eigenvalue weighted by atomic mass is 16.5. The van der Waals surface area contributed by atoms with E-state index in [1.54, 1.807) is 7.11 Å². The summed E-state index contributed by atoms with van der Waals surface area (Å²) in [5.41, 5.74) is 1.02. The molecule has 2 aromatic rings. The lowest BCUT2D eigenvalue weighted by Gasteiger charge is -2.10. The predicted octanol–water partition coefficient (Wildman–Crippen LogP) is 1.47. The average molecular weight is 319 g/mol. The van der Waals surface area contributed by atoms with E-state index in [1.807, 2.05) is 13.0 Å². The van der Waals surface area contributed by atoms with Gasteiger partial charge in [-0.05, 0) is 13.3 Å². The van der Waals surface area contributed by atoms with E-state index in [4.69, 9.17) is 14.0 Å². The molecule has 1 aliphatic rings. The monoisotopic (exact) mass is 319 g/mol. The summed E-state index contributed by atoms with van der Waals surface area (Å²) in [5.74, 6) is 3.03. The van der Waals surface area contributed by atoms with Crippen molar-refractivity contribution in [3.63, 3.8) is 0 Å². The summed E-state index contributed by atoms with van der Waals surface area (Å²) in [4.78, 5) is 13.2. The minimum absolute atomic E-state index is 0.350. The lowest BCUT2D eigenvalue weighted by atomic mass is 10.0. The predicted molar refractivity (Wildman–Crippen MR) is 82.2 cm³/mol. The van der Waals surface area contributed by atoms with Gasteiger partial charge in [0.15, 0.2) is 5.82 Å². The second-order valence-corrected chi connectivity index (χ2v) is 5.49. The molecule has 0 bridgehead atoms. The van der Waals surface area contributed by atoms with Crippen molar-refractivity contribution in [2.24, 2.45) is 0 Å². The fourth-order valence-corrected chi connectivity index (χ4v) is 2.48. The van der Waals surface area contributed by atoms with Crippen LogP contribution in [0, 0.1) is 6.92 Å². The van der Waals surface area contributed by atoms with Crippen LogP contribution in [-0.2, 0) is 22.4 Å². The Morgan fingerprint density at radius 2 is 2.26 bits per heavy atom. The number of ether oxygens (including phenoxy) is 2. The van der Waals surface area contributed by atoms with Crippen LogP contribution in [-0.4, -0.2) is 47.0 Å². The van der Waals surface area contributed by atoms with Gasteiger partial charge >= 0.3 is 0 Å². The lowest BCUT2D eigenvalue weighted by Crippen LogP contribution is -2.08. The summed E-state index contributed by atoms with van der Waals surface area (Å²) in [6.45, 7) is 4.43. The quantitative estimate of drug-likeness (QED) is 0.820. The molecule has 0 radical (unpaired) electrons. The van der Waals surface area contributed by atoms with Crippen molar-refractivity contribution in [2.75, 3.05) is 32.2 Å². The molecule has 3 heterocycles. The molecule has 124 valence electrons. The van der Waals surface area contributed by atoms with Gasteiger partial charge in [0.2, 0.25) is 5.89 Å². The molecular weight excluding hydrogens is 298 g/mol. The average Bonchev–Trinajstić information content (AvgIpc) is 3.22. The summed E-state index contributed by atoms with van der Waals surface area (Å²) in [6, 6.07) is 1.97. The third kappa shape index (κ3) is 4.23. The van der Waals surface area contributed by atoms with E-state index in [9.17, 15) is 0 Å². The summed E-state index contributed by atoms with van der Waals surface area (Å²) in [7, 11) is 1.64. The van der Waals surface area contributed by atoms with Crippen molar-refractivity contribution in [1.29, 1.82) is 0 Å². The third-order valence-corrected chi connectivity index (χ3v) is 3.66. The largest absolute Gasteiger partial charge is 0.384 e. The first-order valence-electron chi connectivity index (χ1n) is 7.72. The SMILES string of the molecule is COCCc1nc(CNc2cc([C@@H]3CCOC3)nc(C)n2)no1. The van der Waals surface area contributed by atoms with Crippen LogP contribution in [0.2, 0.25) is 0 Å². The molecule has 8 nitrogen and oxygen atoms in total. The van der Waals surface area contributed by atoms with Gasteiger partial charge < -0.3 is 19.3 Å². The van der Waals surface area contributed by atoms with E-state index in [0.29, 0.717) is 37.2 Å². The first kappa shape index (κ1) is 15.8. The van der Waals surface area contributed by atoms with Crippen LogP contribution in [0.5, 0.6) is 0 Å². The van der Waals surface area contributed by atoms with Gasteiger partial charge in [-0.3, -0.25) is 0 Å². The zero-order valence-corrected chi connectivity index (χ0v) is 13.4. The van der Waals surface area contributed by atoms with Gasteiger partial charge in [-0.2, -0.15) is 4.98 Å². The number of hydrogen-bond donors (Lipinski definition) is 1. The molecule has 0 aliphatic carbocycles. The lowest BCUT2D eigenvalue weighted by molar-refractivity contribution is 0.192. The van der Waals surface area contributed by atoms with Crippen LogP contribution < -0.4 is 5.32 Å². The number of methoxy groups -OCH3 is 1. The normalized spacial score (nSPS) is 17.6. The van der Waals surface area contributed by atoms with Crippen molar-refractivity contribution in [1.82, 2.24) is 20.1 Å². The van der Waals surface area contributed by atoms with E-state index >= 15 is 0 Å². The van der Waals surface area contributed by atoms with Crippen LogP contribution in [0.3, 0.4) is 0 Å². The second-order valence-electron chi connectivity index (χ2n) is 5.49. The van der Waals surface area contributed by atoms with Gasteiger partial charge in [0.05, 0.1) is 31.9 Å². The Labute approximate surface area is 134 Å². The van der Waals surface area contributed by atoms with Crippen LogP contribution in [0.4, 0.5) is 5.82 Å². The molecule has 0 unspecified atom stereocenters.